The maximum Gasteiger partial charge on any atom is 0.338 e. The van der Waals surface area contributed by atoms with Crippen LogP contribution in [0.1, 0.15) is 37.3 Å². The Morgan fingerprint density at radius 1 is 0.857 bits per heavy atom. The molecule has 0 spiro atoms. The van der Waals surface area contributed by atoms with Gasteiger partial charge in [0.25, 0.3) is 0 Å². The number of hydrogen-bond donors (Lipinski definition) is 0. The minimum atomic E-state index is -1.30. The maximum atomic E-state index is 13.5. The van der Waals surface area contributed by atoms with Gasteiger partial charge in [0, 0.05) is 91.8 Å². The molecule has 308 valence electrons. The number of rotatable bonds is 22. The van der Waals surface area contributed by atoms with Crippen molar-refractivity contribution >= 4 is 33.6 Å². The number of hydrogen-bond acceptors (Lipinski definition) is 12. The van der Waals surface area contributed by atoms with Crippen molar-refractivity contribution in [1.82, 2.24) is 29.4 Å². The Morgan fingerprint density at radius 3 is 2.09 bits per heavy atom. The number of esters is 1. The summed E-state index contributed by atoms with van der Waals surface area (Å²) in [6.45, 7) is 17.4. The van der Waals surface area contributed by atoms with Gasteiger partial charge >= 0.3 is 5.97 Å². The Bertz CT molecular complexity index is 1810. The highest BCUT2D eigenvalue weighted by Gasteiger charge is 2.45. The van der Waals surface area contributed by atoms with Crippen LogP contribution < -0.4 is 4.90 Å². The van der Waals surface area contributed by atoms with Gasteiger partial charge in [0.15, 0.2) is 11.2 Å². The minimum absolute atomic E-state index is 0.0551. The van der Waals surface area contributed by atoms with Crippen LogP contribution in [0.2, 0.25) is 51.4 Å². The molecule has 0 unspecified atom stereocenters. The first kappa shape index (κ1) is 43.6. The van der Waals surface area contributed by atoms with Gasteiger partial charge in [0.05, 0.1) is 31.7 Å². The summed E-state index contributed by atoms with van der Waals surface area (Å²) in [5.41, 5.74) is 3.93. The molecule has 4 heterocycles. The summed E-state index contributed by atoms with van der Waals surface area (Å²) < 4.78 is 38.7. The van der Waals surface area contributed by atoms with Crippen LogP contribution in [0.15, 0.2) is 42.9 Å². The fourth-order valence-electron chi connectivity index (χ4n) is 6.59. The zero-order valence-corrected chi connectivity index (χ0v) is 37.0. The van der Waals surface area contributed by atoms with Crippen molar-refractivity contribution in [2.45, 2.75) is 88.6 Å². The summed E-state index contributed by atoms with van der Waals surface area (Å²) in [5.74, 6) is 0.534. The van der Waals surface area contributed by atoms with Gasteiger partial charge in [-0.25, -0.2) is 9.78 Å². The molecule has 16 heteroatoms. The smallest absolute Gasteiger partial charge is 0.338 e. The van der Waals surface area contributed by atoms with Crippen LogP contribution in [-0.4, -0.2) is 124 Å². The van der Waals surface area contributed by atoms with Crippen molar-refractivity contribution in [3.8, 4) is 22.5 Å². The fourth-order valence-corrected chi connectivity index (χ4v) is 8.11. The Labute approximate surface area is 334 Å². The maximum absolute atomic E-state index is 13.5. The predicted molar refractivity (Wildman–Crippen MR) is 223 cm³/mol. The van der Waals surface area contributed by atoms with Gasteiger partial charge in [-0.3, -0.25) is 9.67 Å². The molecule has 4 aromatic heterocycles. The van der Waals surface area contributed by atoms with Gasteiger partial charge in [-0.1, -0.05) is 45.3 Å². The molecule has 0 amide bonds. The second kappa shape index (κ2) is 19.8. The lowest BCUT2D eigenvalue weighted by molar-refractivity contribution is -0.180. The summed E-state index contributed by atoms with van der Waals surface area (Å²) >= 11 is 0. The summed E-state index contributed by atoms with van der Waals surface area (Å²) in [4.78, 5) is 25.7. The number of carbonyl (C=O) groups is 1. The van der Waals surface area contributed by atoms with E-state index < -0.39 is 21.7 Å². The SMILES string of the molecule is COCCOC(=O)[C@]1(OCCOC)CC[C@H](c2cc(N(COCC[Si](C)(C)C)COCC[Si](C)(C)C)n3ncc(-c4ccc(-c5ccn(C)n5)nc4)c3n2)CC1. The van der Waals surface area contributed by atoms with Crippen LogP contribution in [0.25, 0.3) is 28.2 Å². The van der Waals surface area contributed by atoms with Crippen molar-refractivity contribution in [3.05, 3.63) is 48.5 Å². The Balaban J connectivity index is 1.51. The van der Waals surface area contributed by atoms with E-state index in [2.05, 4.69) is 55.3 Å². The van der Waals surface area contributed by atoms with Crippen LogP contribution in [-0.2, 0) is 40.3 Å². The lowest BCUT2D eigenvalue weighted by atomic mass is 9.77. The predicted octanol–water partition coefficient (Wildman–Crippen LogP) is 6.87. The first-order chi connectivity index (χ1) is 26.7. The molecule has 14 nitrogen and oxygen atoms in total. The average Bonchev–Trinajstić information content (AvgIpc) is 3.80. The highest BCUT2D eigenvalue weighted by molar-refractivity contribution is 6.76. The summed E-state index contributed by atoms with van der Waals surface area (Å²) in [7, 11) is 2.50. The summed E-state index contributed by atoms with van der Waals surface area (Å²) in [5, 5.41) is 9.43. The summed E-state index contributed by atoms with van der Waals surface area (Å²) in [6.07, 6.45) is 7.95. The zero-order valence-electron chi connectivity index (χ0n) is 35.0. The first-order valence-corrected chi connectivity index (χ1v) is 27.2. The largest absolute Gasteiger partial charge is 0.461 e. The molecule has 0 aliphatic heterocycles. The van der Waals surface area contributed by atoms with E-state index in [1.165, 1.54) is 0 Å². The molecule has 0 radical (unpaired) electrons. The third-order valence-electron chi connectivity index (χ3n) is 10.1. The molecule has 0 aromatic carbocycles. The highest BCUT2D eigenvalue weighted by Crippen LogP contribution is 2.42. The molecule has 5 rings (SSSR count). The number of anilines is 1. The molecule has 0 bridgehead atoms. The van der Waals surface area contributed by atoms with Gasteiger partial charge in [0.1, 0.15) is 31.6 Å². The average molecular weight is 810 g/mol. The van der Waals surface area contributed by atoms with Gasteiger partial charge in [0.2, 0.25) is 0 Å². The minimum Gasteiger partial charge on any atom is -0.461 e. The Hall–Kier alpha value is -3.52. The molecule has 1 saturated carbocycles. The zero-order chi connectivity index (χ0) is 40.3. The summed E-state index contributed by atoms with van der Waals surface area (Å²) in [6, 6.07) is 10.2. The van der Waals surface area contributed by atoms with E-state index in [4.69, 9.17) is 43.5 Å². The van der Waals surface area contributed by atoms with Gasteiger partial charge in [-0.15, -0.1) is 0 Å². The second-order valence-electron chi connectivity index (χ2n) is 17.1. The van der Waals surface area contributed by atoms with Gasteiger partial charge in [-0.2, -0.15) is 14.7 Å². The monoisotopic (exact) mass is 809 g/mol. The van der Waals surface area contributed by atoms with Crippen molar-refractivity contribution < 1.29 is 33.2 Å². The molecule has 1 aliphatic rings. The molecule has 0 N–H and O–H groups in total. The standard InChI is InChI=1S/C40H63N7O7Si2/c1-45-17-14-35(44-45)34-11-10-32(27-41-34)33-28-42-47-37(46(29-51-22-24-55(4,5)6)30-52-23-25-56(7,8)9)26-36(43-38(33)47)31-12-15-40(16-13-31,54-21-19-50-3)39(48)53-20-18-49-2/h10-11,14,17,26-28,31H,12-13,15-16,18-25,29-30H2,1-9H3/t31-,40-. The Morgan fingerprint density at radius 2 is 1.52 bits per heavy atom. The number of aromatic nitrogens is 6. The third-order valence-corrected chi connectivity index (χ3v) is 13.5. The number of ether oxygens (including phenoxy) is 6. The van der Waals surface area contributed by atoms with E-state index >= 15 is 0 Å². The van der Waals surface area contributed by atoms with E-state index in [1.807, 2.05) is 48.4 Å². The van der Waals surface area contributed by atoms with Crippen molar-refractivity contribution in [2.24, 2.45) is 7.05 Å². The number of pyridine rings is 1. The first-order valence-electron chi connectivity index (χ1n) is 19.8. The number of fused-ring (bicyclic) bond motifs is 1. The van der Waals surface area contributed by atoms with E-state index in [1.54, 1.807) is 18.9 Å². The molecular formula is C40H63N7O7Si2. The lowest BCUT2D eigenvalue weighted by Gasteiger charge is -2.38. The number of nitrogens with zero attached hydrogens (tertiary/aromatic N) is 7. The molecule has 56 heavy (non-hydrogen) atoms. The van der Waals surface area contributed by atoms with Gasteiger partial charge < -0.3 is 33.3 Å². The molecule has 1 fully saturated rings. The van der Waals surface area contributed by atoms with Crippen molar-refractivity contribution in [1.29, 1.82) is 0 Å². The van der Waals surface area contributed by atoms with E-state index in [-0.39, 0.29) is 18.5 Å². The molecular weight excluding hydrogens is 747 g/mol. The normalized spacial score (nSPS) is 17.8. The third kappa shape index (κ3) is 12.0. The van der Waals surface area contributed by atoms with Crippen molar-refractivity contribution in [3.63, 3.8) is 0 Å². The van der Waals surface area contributed by atoms with Crippen LogP contribution >= 0.6 is 0 Å². The second-order valence-corrected chi connectivity index (χ2v) is 28.4. The number of methoxy groups -OCH3 is 2. The van der Waals surface area contributed by atoms with Crippen LogP contribution in [0.4, 0.5) is 5.82 Å². The number of aryl methyl sites for hydroxylation is 1. The Kier molecular flexibility index (Phi) is 15.4. The van der Waals surface area contributed by atoms with Crippen LogP contribution in [0.5, 0.6) is 0 Å². The van der Waals surface area contributed by atoms with Crippen LogP contribution in [0.3, 0.4) is 0 Å². The van der Waals surface area contributed by atoms with E-state index in [9.17, 15) is 4.79 Å². The topological polar surface area (TPSA) is 137 Å². The highest BCUT2D eigenvalue weighted by atomic mass is 28.3. The van der Waals surface area contributed by atoms with E-state index in [0.29, 0.717) is 77.8 Å². The van der Waals surface area contributed by atoms with Crippen LogP contribution in [0, 0.1) is 0 Å². The molecule has 1 aliphatic carbocycles. The quantitative estimate of drug-likeness (QED) is 0.0355. The molecule has 0 atom stereocenters. The molecule has 4 aromatic rings. The van der Waals surface area contributed by atoms with Gasteiger partial charge in [-0.05, 0) is 49.9 Å². The number of carbonyl (C=O) groups excluding carboxylic acids is 1. The molecule has 0 saturated heterocycles. The van der Waals surface area contributed by atoms with Crippen molar-refractivity contribution in [2.75, 3.05) is 72.2 Å². The van der Waals surface area contributed by atoms with E-state index in [0.717, 1.165) is 46.1 Å². The lowest BCUT2D eigenvalue weighted by Crippen LogP contribution is -2.46. The fraction of sp³-hybridized carbons (Fsp3) is 0.625.